The van der Waals surface area contributed by atoms with Crippen LogP contribution in [0.15, 0.2) is 0 Å². The zero-order chi connectivity index (χ0) is 12.3. The highest BCUT2D eigenvalue weighted by Crippen LogP contribution is 2.24. The van der Waals surface area contributed by atoms with Crippen LogP contribution in [0, 0.1) is 11.3 Å². The summed E-state index contributed by atoms with van der Waals surface area (Å²) in [4.78, 5) is 9.14. The third kappa shape index (κ3) is 6.79. The Balaban J connectivity index is 0.000000202. The van der Waals surface area contributed by atoms with Crippen molar-refractivity contribution in [1.29, 1.82) is 5.41 Å². The van der Waals surface area contributed by atoms with Crippen molar-refractivity contribution in [3.63, 3.8) is 0 Å². The van der Waals surface area contributed by atoms with Crippen LogP contribution in [0.2, 0.25) is 0 Å². The Kier molecular flexibility index (Phi) is 8.28. The lowest BCUT2D eigenvalue weighted by Gasteiger charge is -2.22. The Morgan fingerprint density at radius 2 is 1.82 bits per heavy atom. The van der Waals surface area contributed by atoms with Gasteiger partial charge in [-0.15, -0.1) is 0 Å². The minimum Gasteiger partial charge on any atom is -0.309 e. The summed E-state index contributed by atoms with van der Waals surface area (Å²) in [6, 6.07) is 0. The van der Waals surface area contributed by atoms with Crippen molar-refractivity contribution in [1.82, 2.24) is 0 Å². The molecular formula is C14H27NO2. The maximum Gasteiger partial charge on any atom is 0.0823 e. The first kappa shape index (κ1) is 14.7. The summed E-state index contributed by atoms with van der Waals surface area (Å²) < 4.78 is 0. The van der Waals surface area contributed by atoms with E-state index < -0.39 is 0 Å². The molecule has 1 aliphatic carbocycles. The van der Waals surface area contributed by atoms with Crippen LogP contribution < -0.4 is 0 Å². The van der Waals surface area contributed by atoms with E-state index in [4.69, 9.17) is 5.41 Å². The van der Waals surface area contributed by atoms with E-state index in [0.717, 1.165) is 38.2 Å². The van der Waals surface area contributed by atoms with Gasteiger partial charge < -0.3 is 5.41 Å². The fourth-order valence-electron chi connectivity index (χ4n) is 2.29. The van der Waals surface area contributed by atoms with Crippen molar-refractivity contribution in [2.24, 2.45) is 5.92 Å². The van der Waals surface area contributed by atoms with Crippen LogP contribution >= 0.6 is 0 Å². The second kappa shape index (κ2) is 9.60. The Labute approximate surface area is 105 Å². The highest BCUT2D eigenvalue weighted by molar-refractivity contribution is 5.84. The fourth-order valence-corrected chi connectivity index (χ4v) is 2.29. The molecular weight excluding hydrogens is 214 g/mol. The van der Waals surface area contributed by atoms with E-state index in [1.54, 1.807) is 0 Å². The van der Waals surface area contributed by atoms with Crippen molar-refractivity contribution in [2.75, 3.05) is 13.2 Å². The highest BCUT2D eigenvalue weighted by Gasteiger charge is 2.17. The van der Waals surface area contributed by atoms with E-state index in [0.29, 0.717) is 5.92 Å². The molecule has 0 aromatic carbocycles. The Bertz CT molecular complexity index is 191. The summed E-state index contributed by atoms with van der Waals surface area (Å²) in [5, 5.41) is 7.72. The molecule has 0 radical (unpaired) electrons. The van der Waals surface area contributed by atoms with Crippen LogP contribution in [0.3, 0.4) is 0 Å². The maximum absolute atomic E-state index is 7.72. The number of unbranched alkanes of at least 4 members (excludes halogenated alkanes) is 1. The quantitative estimate of drug-likeness (QED) is 0.755. The molecule has 17 heavy (non-hydrogen) atoms. The molecule has 0 bridgehead atoms. The molecule has 1 atom stereocenters. The first-order valence-corrected chi connectivity index (χ1v) is 7.16. The lowest BCUT2D eigenvalue weighted by Crippen LogP contribution is -2.17. The first-order valence-electron chi connectivity index (χ1n) is 7.16. The minimum absolute atomic E-state index is 0.656. The van der Waals surface area contributed by atoms with E-state index in [1.807, 2.05) is 0 Å². The van der Waals surface area contributed by atoms with Crippen LogP contribution in [0.25, 0.3) is 0 Å². The molecule has 2 fully saturated rings. The van der Waals surface area contributed by atoms with Crippen LogP contribution in [0.4, 0.5) is 0 Å². The van der Waals surface area contributed by atoms with Gasteiger partial charge in [-0.25, -0.2) is 9.78 Å². The number of rotatable bonds is 3. The maximum atomic E-state index is 7.72. The van der Waals surface area contributed by atoms with Crippen LogP contribution in [-0.4, -0.2) is 18.9 Å². The predicted molar refractivity (Wildman–Crippen MR) is 70.3 cm³/mol. The fraction of sp³-hybridized carbons (Fsp3) is 0.929. The van der Waals surface area contributed by atoms with Gasteiger partial charge in [-0.05, 0) is 44.4 Å². The summed E-state index contributed by atoms with van der Waals surface area (Å²) >= 11 is 0. The molecule has 1 aliphatic heterocycles. The highest BCUT2D eigenvalue weighted by atomic mass is 17.2. The Morgan fingerprint density at radius 1 is 1.12 bits per heavy atom. The minimum atomic E-state index is 0.656. The smallest absolute Gasteiger partial charge is 0.0823 e. The summed E-state index contributed by atoms with van der Waals surface area (Å²) in [5.74, 6) is 0.656. The van der Waals surface area contributed by atoms with Crippen molar-refractivity contribution in [3.05, 3.63) is 0 Å². The van der Waals surface area contributed by atoms with Crippen LogP contribution in [0.5, 0.6) is 0 Å². The van der Waals surface area contributed by atoms with E-state index >= 15 is 0 Å². The first-order chi connectivity index (χ1) is 8.34. The SMILES string of the molecule is C1CCOOC1.CCCCC1CCCCC1=N. The molecule has 0 amide bonds. The van der Waals surface area contributed by atoms with Gasteiger partial charge in [0.25, 0.3) is 0 Å². The van der Waals surface area contributed by atoms with Gasteiger partial charge in [0.1, 0.15) is 0 Å². The average molecular weight is 241 g/mol. The van der Waals surface area contributed by atoms with Gasteiger partial charge in [0.05, 0.1) is 13.2 Å². The summed E-state index contributed by atoms with van der Waals surface area (Å²) in [6.45, 7) is 3.78. The summed E-state index contributed by atoms with van der Waals surface area (Å²) in [6.07, 6.45) is 11.2. The molecule has 1 unspecified atom stereocenters. The lowest BCUT2D eigenvalue weighted by atomic mass is 9.84. The number of hydrogen-bond donors (Lipinski definition) is 1. The van der Waals surface area contributed by atoms with Gasteiger partial charge in [0.15, 0.2) is 0 Å². The van der Waals surface area contributed by atoms with Crippen molar-refractivity contribution in [2.45, 2.75) is 64.7 Å². The Hall–Kier alpha value is -0.410. The van der Waals surface area contributed by atoms with Gasteiger partial charge >= 0.3 is 0 Å². The zero-order valence-corrected chi connectivity index (χ0v) is 11.2. The second-order valence-corrected chi connectivity index (χ2v) is 4.96. The predicted octanol–water partition coefficient (Wildman–Crippen LogP) is 4.11. The topological polar surface area (TPSA) is 42.3 Å². The molecule has 0 aromatic heterocycles. The molecule has 100 valence electrons. The zero-order valence-electron chi connectivity index (χ0n) is 11.2. The molecule has 0 aromatic rings. The molecule has 1 saturated carbocycles. The number of nitrogens with one attached hydrogen (secondary N) is 1. The largest absolute Gasteiger partial charge is 0.309 e. The number of hydrogen-bond acceptors (Lipinski definition) is 3. The van der Waals surface area contributed by atoms with Gasteiger partial charge in [-0.2, -0.15) is 0 Å². The van der Waals surface area contributed by atoms with Gasteiger partial charge in [-0.3, -0.25) is 0 Å². The second-order valence-electron chi connectivity index (χ2n) is 4.96. The third-order valence-electron chi connectivity index (χ3n) is 3.44. The summed E-state index contributed by atoms with van der Waals surface area (Å²) in [5.41, 5.74) is 1.03. The van der Waals surface area contributed by atoms with Crippen LogP contribution in [-0.2, 0) is 9.78 Å². The lowest BCUT2D eigenvalue weighted by molar-refractivity contribution is -0.312. The van der Waals surface area contributed by atoms with Crippen LogP contribution in [0.1, 0.15) is 64.7 Å². The Morgan fingerprint density at radius 3 is 2.29 bits per heavy atom. The normalized spacial score (nSPS) is 25.0. The molecule has 0 spiro atoms. The van der Waals surface area contributed by atoms with E-state index in [-0.39, 0.29) is 0 Å². The monoisotopic (exact) mass is 241 g/mol. The van der Waals surface area contributed by atoms with Gasteiger partial charge in [-0.1, -0.05) is 26.2 Å². The molecule has 3 nitrogen and oxygen atoms in total. The van der Waals surface area contributed by atoms with Crippen molar-refractivity contribution < 1.29 is 9.78 Å². The molecule has 1 saturated heterocycles. The van der Waals surface area contributed by atoms with Gasteiger partial charge in [0, 0.05) is 5.71 Å². The van der Waals surface area contributed by atoms with E-state index in [2.05, 4.69) is 16.7 Å². The van der Waals surface area contributed by atoms with Crippen molar-refractivity contribution in [3.8, 4) is 0 Å². The average Bonchev–Trinajstić information content (AvgIpc) is 2.41. The third-order valence-corrected chi connectivity index (χ3v) is 3.44. The standard InChI is InChI=1S/C10H19N.C4H8O2/c1-2-3-6-9-7-4-5-8-10(9)11;1-2-4-6-5-3-1/h9,11H,2-8H2,1H3;1-4H2. The molecule has 1 heterocycles. The molecule has 1 N–H and O–H groups in total. The van der Waals surface area contributed by atoms with E-state index in [9.17, 15) is 0 Å². The molecule has 2 aliphatic rings. The van der Waals surface area contributed by atoms with Gasteiger partial charge in [0.2, 0.25) is 0 Å². The summed E-state index contributed by atoms with van der Waals surface area (Å²) in [7, 11) is 0. The van der Waals surface area contributed by atoms with Crippen molar-refractivity contribution >= 4 is 5.71 Å². The van der Waals surface area contributed by atoms with E-state index in [1.165, 1.54) is 38.5 Å². The molecule has 2 rings (SSSR count). The molecule has 3 heteroatoms.